The van der Waals surface area contributed by atoms with E-state index in [0.717, 1.165) is 4.57 Å². The van der Waals surface area contributed by atoms with Crippen LogP contribution in [0.5, 0.6) is 0 Å². The smallest absolute Gasteiger partial charge is 0.333 e. The number of halogens is 6. The van der Waals surface area contributed by atoms with Crippen molar-refractivity contribution in [1.82, 2.24) is 19.7 Å². The molecule has 1 aliphatic rings. The predicted octanol–water partition coefficient (Wildman–Crippen LogP) is 2.38. The lowest BCUT2D eigenvalue weighted by Crippen LogP contribution is -2.40. The molecule has 8 nitrogen and oxygen atoms in total. The number of alkyl halides is 3. The molecule has 1 aromatic carbocycles. The van der Waals surface area contributed by atoms with Gasteiger partial charge in [0.2, 0.25) is 11.7 Å². The highest BCUT2D eigenvalue weighted by Crippen LogP contribution is 2.29. The molecule has 0 saturated heterocycles. The average molecular weight is 435 g/mol. The number of nitrogens with zero attached hydrogens (tertiary/aromatic N) is 6. The minimum atomic E-state index is -4.67. The Kier molecular flexibility index (Phi) is 5.94. The van der Waals surface area contributed by atoms with Gasteiger partial charge in [0.25, 0.3) is 0 Å². The maximum atomic E-state index is 13.9. The lowest BCUT2D eigenvalue weighted by atomic mass is 10.0. The van der Waals surface area contributed by atoms with Crippen LogP contribution in [0.3, 0.4) is 0 Å². The van der Waals surface area contributed by atoms with Crippen LogP contribution >= 0.6 is 0 Å². The van der Waals surface area contributed by atoms with Crippen LogP contribution in [0.4, 0.5) is 26.3 Å². The molecule has 0 aliphatic carbocycles. The number of aromatic nitrogens is 3. The molecule has 30 heavy (non-hydrogen) atoms. The molecule has 1 aliphatic heterocycles. The van der Waals surface area contributed by atoms with Crippen molar-refractivity contribution in [2.24, 2.45) is 16.2 Å². The van der Waals surface area contributed by atoms with Crippen LogP contribution in [0.15, 0.2) is 22.5 Å². The molecule has 1 amide bonds. The molecule has 14 heteroatoms. The molecule has 0 saturated carbocycles. The molecule has 2 aromatic rings. The highest BCUT2D eigenvalue weighted by molar-refractivity contribution is 5.77. The van der Waals surface area contributed by atoms with Crippen LogP contribution < -0.4 is 5.84 Å². The second-order valence-electron chi connectivity index (χ2n) is 6.56. The fourth-order valence-electron chi connectivity index (χ4n) is 3.13. The third-order valence-corrected chi connectivity index (χ3v) is 4.54. The van der Waals surface area contributed by atoms with E-state index >= 15 is 0 Å². The molecule has 1 atom stereocenters. The molecule has 0 unspecified atom stereocenters. The first-order valence-electron chi connectivity index (χ1n) is 8.60. The van der Waals surface area contributed by atoms with Crippen molar-refractivity contribution in [3.8, 4) is 0 Å². The summed E-state index contributed by atoms with van der Waals surface area (Å²) in [4.78, 5) is 13.8. The van der Waals surface area contributed by atoms with Gasteiger partial charge in [-0.3, -0.25) is 4.79 Å². The Bertz CT molecular complexity index is 974. The fourth-order valence-corrected chi connectivity index (χ4v) is 3.13. The first kappa shape index (κ1) is 21.5. The van der Waals surface area contributed by atoms with Crippen LogP contribution in [0, 0.1) is 17.5 Å². The van der Waals surface area contributed by atoms with E-state index in [1.807, 2.05) is 0 Å². The summed E-state index contributed by atoms with van der Waals surface area (Å²) in [7, 11) is 0. The summed E-state index contributed by atoms with van der Waals surface area (Å²) < 4.78 is 79.9. The van der Waals surface area contributed by atoms with Crippen molar-refractivity contribution < 1.29 is 31.1 Å². The van der Waals surface area contributed by atoms with Gasteiger partial charge in [0.1, 0.15) is 5.82 Å². The zero-order chi connectivity index (χ0) is 22.1. The Morgan fingerprint density at radius 2 is 1.83 bits per heavy atom. The van der Waals surface area contributed by atoms with E-state index in [1.165, 1.54) is 4.90 Å². The van der Waals surface area contributed by atoms with Crippen LogP contribution in [-0.4, -0.2) is 38.2 Å². The van der Waals surface area contributed by atoms with Crippen molar-refractivity contribution in [2.45, 2.75) is 38.1 Å². The standard InChI is InChI=1S/C16H15F6N7O/c17-10-6-12(19)11(18)4-8(10)3-9(24-27-23)5-14(30)28-1-2-29-13(7-28)25-26-15(29)16(20,21)22/h4,6,9H,1-3,5,7H2,(H2,23,24)/t9-/m1/s1. The average Bonchev–Trinajstić information content (AvgIpc) is 3.09. The van der Waals surface area contributed by atoms with Gasteiger partial charge in [-0.25, -0.2) is 13.2 Å². The van der Waals surface area contributed by atoms with E-state index in [1.54, 1.807) is 0 Å². The number of carbonyl (C=O) groups excluding carboxylic acids is 1. The molecule has 0 spiro atoms. The lowest BCUT2D eigenvalue weighted by Gasteiger charge is -2.28. The van der Waals surface area contributed by atoms with Crippen molar-refractivity contribution >= 4 is 5.91 Å². The van der Waals surface area contributed by atoms with Crippen LogP contribution in [0.1, 0.15) is 23.6 Å². The van der Waals surface area contributed by atoms with Crippen LogP contribution in [0.2, 0.25) is 0 Å². The Hall–Kier alpha value is -3.19. The normalized spacial score (nSPS) is 15.5. The molecule has 0 radical (unpaired) electrons. The minimum absolute atomic E-state index is 0.0365. The molecule has 0 bridgehead atoms. The minimum Gasteiger partial charge on any atom is -0.333 e. The van der Waals surface area contributed by atoms with Crippen LogP contribution in [-0.2, 0) is 30.5 Å². The first-order chi connectivity index (χ1) is 14.1. The zero-order valence-corrected chi connectivity index (χ0v) is 15.2. The molecule has 0 fully saturated rings. The summed E-state index contributed by atoms with van der Waals surface area (Å²) in [6, 6.07) is 0.0297. The summed E-state index contributed by atoms with van der Waals surface area (Å²) in [5.74, 6) is -0.349. The molecular formula is C16H15F6N7O. The van der Waals surface area contributed by atoms with Gasteiger partial charge in [-0.2, -0.15) is 18.3 Å². The first-order valence-corrected chi connectivity index (χ1v) is 8.60. The largest absolute Gasteiger partial charge is 0.451 e. The molecule has 162 valence electrons. The Morgan fingerprint density at radius 3 is 2.50 bits per heavy atom. The van der Waals surface area contributed by atoms with Crippen molar-refractivity contribution in [3.63, 3.8) is 0 Å². The number of amides is 1. The van der Waals surface area contributed by atoms with Crippen molar-refractivity contribution in [1.29, 1.82) is 0 Å². The Balaban J connectivity index is 1.70. The number of fused-ring (bicyclic) bond motifs is 1. The lowest BCUT2D eigenvalue weighted by molar-refractivity contribution is -0.148. The second kappa shape index (κ2) is 8.28. The van der Waals surface area contributed by atoms with Crippen molar-refractivity contribution in [2.75, 3.05) is 6.54 Å². The summed E-state index contributed by atoms with van der Waals surface area (Å²) in [5, 5.41) is 13.3. The third-order valence-electron chi connectivity index (χ3n) is 4.54. The second-order valence-corrected chi connectivity index (χ2v) is 6.56. The molecule has 2 N–H and O–H groups in total. The summed E-state index contributed by atoms with van der Waals surface area (Å²) in [6.07, 6.45) is -5.30. The Labute approximate surface area is 165 Å². The van der Waals surface area contributed by atoms with Gasteiger partial charge >= 0.3 is 6.18 Å². The van der Waals surface area contributed by atoms with E-state index in [0.29, 0.717) is 12.1 Å². The van der Waals surface area contributed by atoms with E-state index in [-0.39, 0.29) is 43.9 Å². The van der Waals surface area contributed by atoms with Gasteiger partial charge < -0.3 is 15.3 Å². The highest BCUT2D eigenvalue weighted by atomic mass is 19.4. The number of benzene rings is 1. The summed E-state index contributed by atoms with van der Waals surface area (Å²) >= 11 is 0. The van der Waals surface area contributed by atoms with Crippen molar-refractivity contribution in [3.05, 3.63) is 46.8 Å². The van der Waals surface area contributed by atoms with Gasteiger partial charge in [-0.1, -0.05) is 5.22 Å². The summed E-state index contributed by atoms with van der Waals surface area (Å²) in [6.45, 7) is -0.420. The van der Waals surface area contributed by atoms with E-state index in [2.05, 4.69) is 20.5 Å². The molecular weight excluding hydrogens is 420 g/mol. The maximum absolute atomic E-state index is 13.9. The Morgan fingerprint density at radius 1 is 1.13 bits per heavy atom. The number of nitrogens with two attached hydrogens (primary N) is 1. The topological polar surface area (TPSA) is 102 Å². The predicted molar refractivity (Wildman–Crippen MR) is 87.9 cm³/mol. The van der Waals surface area contributed by atoms with Gasteiger partial charge in [0.05, 0.1) is 19.0 Å². The van der Waals surface area contributed by atoms with Crippen LogP contribution in [0.25, 0.3) is 0 Å². The van der Waals surface area contributed by atoms with E-state index in [9.17, 15) is 31.1 Å². The van der Waals surface area contributed by atoms with Gasteiger partial charge in [-0.05, 0) is 11.6 Å². The number of hydrogen-bond donors (Lipinski definition) is 1. The monoisotopic (exact) mass is 435 g/mol. The SMILES string of the molecule is NN=N[C@@H](CC(=O)N1CCn2c(nnc2C(F)(F)F)C1)Cc1cc(F)c(F)cc1F. The summed E-state index contributed by atoms with van der Waals surface area (Å²) in [5.41, 5.74) is -0.229. The van der Waals surface area contributed by atoms with E-state index < -0.39 is 41.4 Å². The molecule has 3 rings (SSSR count). The number of rotatable bonds is 5. The number of carbonyl (C=O) groups is 1. The fraction of sp³-hybridized carbons (Fsp3) is 0.438. The number of hydrogen-bond acceptors (Lipinski definition) is 5. The maximum Gasteiger partial charge on any atom is 0.451 e. The quantitative estimate of drug-likeness (QED) is 0.256. The molecule has 2 heterocycles. The van der Waals surface area contributed by atoms with E-state index in [4.69, 9.17) is 5.84 Å². The highest BCUT2D eigenvalue weighted by Gasteiger charge is 2.40. The van der Waals surface area contributed by atoms with Gasteiger partial charge in [-0.15, -0.1) is 10.2 Å². The van der Waals surface area contributed by atoms with Gasteiger partial charge in [0, 0.05) is 25.6 Å². The third kappa shape index (κ3) is 4.52. The zero-order valence-electron chi connectivity index (χ0n) is 15.2. The molecule has 1 aromatic heterocycles. The van der Waals surface area contributed by atoms with Gasteiger partial charge in [0.15, 0.2) is 17.5 Å².